The Morgan fingerprint density at radius 3 is 2.50 bits per heavy atom. The van der Waals surface area contributed by atoms with Gasteiger partial charge in [0.25, 0.3) is 0 Å². The predicted octanol–water partition coefficient (Wildman–Crippen LogP) is 0.0618. The zero-order chi connectivity index (χ0) is 6.57. The maximum atomic E-state index is 9.57. The Hall–Kier alpha value is -0.770. The SMILES string of the molecule is C[C@H](O)COC(=O)O. The monoisotopic (exact) mass is 120 g/mol. The molecular formula is C4H8O4. The minimum absolute atomic E-state index is 0.157. The average Bonchev–Trinajstić information content (AvgIpc) is 1.61. The molecule has 2 N–H and O–H groups in total. The lowest BCUT2D eigenvalue weighted by atomic mass is 10.5. The van der Waals surface area contributed by atoms with Crippen molar-refractivity contribution >= 4 is 6.16 Å². The van der Waals surface area contributed by atoms with E-state index in [0.717, 1.165) is 0 Å². The average molecular weight is 120 g/mol. The number of aliphatic hydroxyl groups is 1. The van der Waals surface area contributed by atoms with Crippen LogP contribution >= 0.6 is 0 Å². The molecular weight excluding hydrogens is 112 g/mol. The number of ether oxygens (including phenoxy) is 1. The van der Waals surface area contributed by atoms with Gasteiger partial charge in [-0.15, -0.1) is 0 Å². The van der Waals surface area contributed by atoms with Gasteiger partial charge in [0.05, 0.1) is 6.10 Å². The number of hydrogen-bond donors (Lipinski definition) is 2. The Morgan fingerprint density at radius 2 is 2.38 bits per heavy atom. The Kier molecular flexibility index (Phi) is 2.95. The summed E-state index contributed by atoms with van der Waals surface area (Å²) < 4.78 is 3.97. The summed E-state index contributed by atoms with van der Waals surface area (Å²) in [6, 6.07) is 0. The van der Waals surface area contributed by atoms with Crippen LogP contribution in [0.25, 0.3) is 0 Å². The number of hydrogen-bond acceptors (Lipinski definition) is 3. The number of aliphatic hydroxyl groups excluding tert-OH is 1. The van der Waals surface area contributed by atoms with Gasteiger partial charge >= 0.3 is 6.16 Å². The summed E-state index contributed by atoms with van der Waals surface area (Å²) in [6.45, 7) is 1.29. The van der Waals surface area contributed by atoms with Crippen LogP contribution in [0.5, 0.6) is 0 Å². The number of rotatable bonds is 2. The van der Waals surface area contributed by atoms with E-state index in [0.29, 0.717) is 0 Å². The molecule has 0 spiro atoms. The lowest BCUT2D eigenvalue weighted by Gasteiger charge is -2.00. The minimum atomic E-state index is -1.36. The second kappa shape index (κ2) is 3.26. The molecule has 8 heavy (non-hydrogen) atoms. The van der Waals surface area contributed by atoms with Crippen LogP contribution < -0.4 is 0 Å². The van der Waals surface area contributed by atoms with Crippen LogP contribution in [-0.4, -0.2) is 29.1 Å². The molecule has 0 rings (SSSR count). The highest BCUT2D eigenvalue weighted by atomic mass is 16.7. The van der Waals surface area contributed by atoms with Gasteiger partial charge in [-0.25, -0.2) is 4.79 Å². The lowest BCUT2D eigenvalue weighted by molar-refractivity contribution is 0.0466. The molecule has 0 aromatic carbocycles. The van der Waals surface area contributed by atoms with Crippen LogP contribution in [-0.2, 0) is 4.74 Å². The molecule has 0 aliphatic heterocycles. The quantitative estimate of drug-likeness (QED) is 0.506. The molecule has 0 aliphatic rings. The second-order valence-electron chi connectivity index (χ2n) is 1.43. The summed E-state index contributed by atoms with van der Waals surface area (Å²) in [5.41, 5.74) is 0. The third-order valence-electron chi connectivity index (χ3n) is 0.448. The van der Waals surface area contributed by atoms with Crippen LogP contribution in [0.4, 0.5) is 4.79 Å². The van der Waals surface area contributed by atoms with Crippen LogP contribution in [0, 0.1) is 0 Å². The Labute approximate surface area is 46.7 Å². The van der Waals surface area contributed by atoms with Crippen LogP contribution in [0.15, 0.2) is 0 Å². The van der Waals surface area contributed by atoms with Gasteiger partial charge in [0.15, 0.2) is 0 Å². The van der Waals surface area contributed by atoms with Crippen molar-refractivity contribution in [2.75, 3.05) is 6.61 Å². The van der Waals surface area contributed by atoms with E-state index in [1.165, 1.54) is 6.92 Å². The van der Waals surface area contributed by atoms with Gasteiger partial charge in [0.1, 0.15) is 6.61 Å². The van der Waals surface area contributed by atoms with Gasteiger partial charge < -0.3 is 14.9 Å². The standard InChI is InChI=1S/C4H8O4/c1-3(5)2-8-4(6)7/h3,5H,2H2,1H3,(H,6,7)/t3-/m0/s1. The molecule has 4 nitrogen and oxygen atoms in total. The first-order chi connectivity index (χ1) is 3.63. The van der Waals surface area contributed by atoms with Crippen LogP contribution in [0.2, 0.25) is 0 Å². The molecule has 0 aliphatic carbocycles. The zero-order valence-electron chi connectivity index (χ0n) is 4.50. The first-order valence-electron chi connectivity index (χ1n) is 2.16. The van der Waals surface area contributed by atoms with Crippen molar-refractivity contribution in [1.82, 2.24) is 0 Å². The Morgan fingerprint density at radius 1 is 1.88 bits per heavy atom. The molecule has 0 unspecified atom stereocenters. The van der Waals surface area contributed by atoms with Gasteiger partial charge in [0, 0.05) is 0 Å². The molecule has 1 atom stereocenters. The molecule has 0 saturated heterocycles. The van der Waals surface area contributed by atoms with Crippen molar-refractivity contribution < 1.29 is 19.7 Å². The normalized spacial score (nSPS) is 12.8. The summed E-state index contributed by atoms with van der Waals surface area (Å²) >= 11 is 0. The Bertz CT molecular complexity index is 78.1. The van der Waals surface area contributed by atoms with E-state index in [2.05, 4.69) is 4.74 Å². The molecule has 4 heteroatoms. The largest absolute Gasteiger partial charge is 0.505 e. The third kappa shape index (κ3) is 5.23. The number of carboxylic acid groups (broad SMARTS) is 1. The zero-order valence-corrected chi connectivity index (χ0v) is 4.50. The predicted molar refractivity (Wildman–Crippen MR) is 25.7 cm³/mol. The summed E-state index contributed by atoms with van der Waals surface area (Å²) in [6.07, 6.45) is -2.07. The van der Waals surface area contributed by atoms with E-state index < -0.39 is 12.3 Å². The van der Waals surface area contributed by atoms with Crippen molar-refractivity contribution in [3.8, 4) is 0 Å². The van der Waals surface area contributed by atoms with Crippen molar-refractivity contribution in [1.29, 1.82) is 0 Å². The fourth-order valence-electron chi connectivity index (χ4n) is 0.192. The lowest BCUT2D eigenvalue weighted by Crippen LogP contribution is -2.13. The molecule has 0 heterocycles. The highest BCUT2D eigenvalue weighted by Crippen LogP contribution is 1.81. The molecule has 0 aromatic heterocycles. The molecule has 0 fully saturated rings. The first-order valence-corrected chi connectivity index (χ1v) is 2.16. The van der Waals surface area contributed by atoms with Gasteiger partial charge in [0.2, 0.25) is 0 Å². The van der Waals surface area contributed by atoms with E-state index in [1.54, 1.807) is 0 Å². The summed E-state index contributed by atoms with van der Waals surface area (Å²) in [7, 11) is 0. The van der Waals surface area contributed by atoms with Crippen molar-refractivity contribution in [2.45, 2.75) is 13.0 Å². The van der Waals surface area contributed by atoms with E-state index in [-0.39, 0.29) is 6.61 Å². The second-order valence-corrected chi connectivity index (χ2v) is 1.43. The van der Waals surface area contributed by atoms with Crippen LogP contribution in [0.1, 0.15) is 6.92 Å². The summed E-state index contributed by atoms with van der Waals surface area (Å²) in [5.74, 6) is 0. The van der Waals surface area contributed by atoms with Gasteiger partial charge in [-0.3, -0.25) is 0 Å². The Balaban J connectivity index is 3.05. The maximum absolute atomic E-state index is 9.57. The van der Waals surface area contributed by atoms with Gasteiger partial charge in [-0.1, -0.05) is 0 Å². The fourth-order valence-corrected chi connectivity index (χ4v) is 0.192. The topological polar surface area (TPSA) is 66.8 Å². The maximum Gasteiger partial charge on any atom is 0.505 e. The van der Waals surface area contributed by atoms with Gasteiger partial charge in [-0.2, -0.15) is 0 Å². The van der Waals surface area contributed by atoms with E-state index >= 15 is 0 Å². The molecule has 0 radical (unpaired) electrons. The molecule has 0 saturated carbocycles. The smallest absolute Gasteiger partial charge is 0.450 e. The molecule has 0 aromatic rings. The van der Waals surface area contributed by atoms with E-state index in [1.807, 2.05) is 0 Å². The van der Waals surface area contributed by atoms with Crippen molar-refractivity contribution in [3.05, 3.63) is 0 Å². The highest BCUT2D eigenvalue weighted by molar-refractivity contribution is 5.56. The first kappa shape index (κ1) is 7.23. The molecule has 48 valence electrons. The summed E-state index contributed by atoms with van der Waals surface area (Å²) in [5, 5.41) is 16.2. The van der Waals surface area contributed by atoms with E-state index in [4.69, 9.17) is 10.2 Å². The van der Waals surface area contributed by atoms with Crippen molar-refractivity contribution in [3.63, 3.8) is 0 Å². The van der Waals surface area contributed by atoms with Crippen LogP contribution in [0.3, 0.4) is 0 Å². The highest BCUT2D eigenvalue weighted by Gasteiger charge is 1.98. The minimum Gasteiger partial charge on any atom is -0.450 e. The third-order valence-corrected chi connectivity index (χ3v) is 0.448. The molecule has 0 bridgehead atoms. The fraction of sp³-hybridized carbons (Fsp3) is 0.750. The number of carbonyl (C=O) groups is 1. The van der Waals surface area contributed by atoms with Gasteiger partial charge in [-0.05, 0) is 6.92 Å². The molecule has 0 amide bonds. The van der Waals surface area contributed by atoms with E-state index in [9.17, 15) is 4.79 Å². The van der Waals surface area contributed by atoms with Crippen molar-refractivity contribution in [2.24, 2.45) is 0 Å². The summed E-state index contributed by atoms with van der Waals surface area (Å²) in [4.78, 5) is 9.57.